The molecule has 1 aliphatic carbocycles. The minimum absolute atomic E-state index is 0.226. The Bertz CT molecular complexity index is 339. The van der Waals surface area contributed by atoms with Crippen LogP contribution >= 0.6 is 0 Å². The van der Waals surface area contributed by atoms with E-state index in [1.54, 1.807) is 12.1 Å². The molecule has 1 aromatic rings. The summed E-state index contributed by atoms with van der Waals surface area (Å²) in [5.74, 6) is 1.49. The van der Waals surface area contributed by atoms with Gasteiger partial charge in [-0.05, 0) is 49.5 Å². The normalized spacial score (nSPS) is 23.5. The van der Waals surface area contributed by atoms with E-state index in [-0.39, 0.29) is 5.75 Å². The fourth-order valence-electron chi connectivity index (χ4n) is 2.04. The van der Waals surface area contributed by atoms with Gasteiger partial charge in [0.1, 0.15) is 5.75 Å². The molecule has 16 heavy (non-hydrogen) atoms. The predicted molar refractivity (Wildman–Crippen MR) is 57.8 cm³/mol. The molecule has 0 unspecified atom stereocenters. The average molecular weight is 227 g/mol. The maximum absolute atomic E-state index is 11.9. The van der Waals surface area contributed by atoms with Gasteiger partial charge in [-0.25, -0.2) is 0 Å². The van der Waals surface area contributed by atoms with Crippen LogP contribution in [-0.4, -0.2) is 20.2 Å². The fraction of sp³-hybridized carbons (Fsp3) is 0.500. The number of alkyl halides is 2. The molecular formula is C12H15F2NO. The second kappa shape index (κ2) is 4.78. The van der Waals surface area contributed by atoms with E-state index in [9.17, 15) is 8.78 Å². The zero-order valence-corrected chi connectivity index (χ0v) is 9.12. The predicted octanol–water partition coefficient (Wildman–Crippen LogP) is 2.61. The van der Waals surface area contributed by atoms with Crippen LogP contribution in [0.4, 0.5) is 8.78 Å². The molecule has 4 heteroatoms. The highest BCUT2D eigenvalue weighted by molar-refractivity contribution is 5.32. The van der Waals surface area contributed by atoms with E-state index < -0.39 is 6.61 Å². The zero-order valence-electron chi connectivity index (χ0n) is 9.12. The highest BCUT2D eigenvalue weighted by atomic mass is 19.3. The minimum atomic E-state index is -2.75. The molecule has 1 N–H and O–H groups in total. The van der Waals surface area contributed by atoms with Crippen LogP contribution in [0, 0.1) is 5.92 Å². The van der Waals surface area contributed by atoms with Crippen LogP contribution in [0.2, 0.25) is 0 Å². The molecule has 0 radical (unpaired) electrons. The molecule has 2 nitrogen and oxygen atoms in total. The molecule has 88 valence electrons. The summed E-state index contributed by atoms with van der Waals surface area (Å²) < 4.78 is 28.1. The van der Waals surface area contributed by atoms with Gasteiger partial charge in [0.2, 0.25) is 0 Å². The molecule has 0 aromatic heterocycles. The first kappa shape index (κ1) is 11.3. The Kier molecular flexibility index (Phi) is 3.39. The highest BCUT2D eigenvalue weighted by Crippen LogP contribution is 2.47. The minimum Gasteiger partial charge on any atom is -0.435 e. The van der Waals surface area contributed by atoms with Crippen molar-refractivity contribution in [1.82, 2.24) is 5.32 Å². The molecule has 0 aliphatic heterocycles. The summed E-state index contributed by atoms with van der Waals surface area (Å²) in [5.41, 5.74) is 1.21. The molecule has 0 heterocycles. The molecule has 0 amide bonds. The monoisotopic (exact) mass is 227 g/mol. The maximum atomic E-state index is 11.9. The van der Waals surface area contributed by atoms with Gasteiger partial charge in [0.25, 0.3) is 0 Å². The quantitative estimate of drug-likeness (QED) is 0.834. The topological polar surface area (TPSA) is 21.3 Å². The third-order valence-electron chi connectivity index (χ3n) is 2.92. The molecule has 2 rings (SSSR count). The Labute approximate surface area is 93.6 Å². The van der Waals surface area contributed by atoms with Gasteiger partial charge in [0.05, 0.1) is 0 Å². The molecule has 0 bridgehead atoms. The third kappa shape index (κ3) is 2.70. The van der Waals surface area contributed by atoms with Gasteiger partial charge in [0, 0.05) is 0 Å². The molecule has 0 spiro atoms. The van der Waals surface area contributed by atoms with Crippen molar-refractivity contribution in [1.29, 1.82) is 0 Å². The number of ether oxygens (including phenoxy) is 1. The van der Waals surface area contributed by atoms with E-state index in [0.717, 1.165) is 6.54 Å². The first-order chi connectivity index (χ1) is 7.70. The zero-order chi connectivity index (χ0) is 11.5. The summed E-state index contributed by atoms with van der Waals surface area (Å²) in [5, 5.41) is 3.14. The van der Waals surface area contributed by atoms with Crippen LogP contribution in [0.15, 0.2) is 24.3 Å². The van der Waals surface area contributed by atoms with Crippen LogP contribution in [0.5, 0.6) is 5.75 Å². The van der Waals surface area contributed by atoms with Crippen molar-refractivity contribution in [2.45, 2.75) is 19.0 Å². The summed E-state index contributed by atoms with van der Waals surface area (Å²) in [4.78, 5) is 0. The van der Waals surface area contributed by atoms with Crippen LogP contribution in [0.1, 0.15) is 17.9 Å². The Morgan fingerprint density at radius 2 is 2.06 bits per heavy atom. The van der Waals surface area contributed by atoms with E-state index >= 15 is 0 Å². The summed E-state index contributed by atoms with van der Waals surface area (Å²) >= 11 is 0. The van der Waals surface area contributed by atoms with Crippen molar-refractivity contribution in [3.05, 3.63) is 29.8 Å². The number of hydrogen-bond acceptors (Lipinski definition) is 2. The lowest BCUT2D eigenvalue weighted by Gasteiger charge is -2.05. The second-order valence-electron chi connectivity index (χ2n) is 4.11. The molecule has 2 atom stereocenters. The number of nitrogens with one attached hydrogen (secondary N) is 1. The number of benzene rings is 1. The molecule has 1 aliphatic rings. The maximum Gasteiger partial charge on any atom is 0.387 e. The Morgan fingerprint density at radius 3 is 2.62 bits per heavy atom. The van der Waals surface area contributed by atoms with Crippen LogP contribution in [0.3, 0.4) is 0 Å². The molecule has 1 saturated carbocycles. The van der Waals surface area contributed by atoms with E-state index in [0.29, 0.717) is 11.8 Å². The molecule has 1 fully saturated rings. The lowest BCUT2D eigenvalue weighted by atomic mass is 10.1. The molecular weight excluding hydrogens is 212 g/mol. The molecule has 1 aromatic carbocycles. The summed E-state index contributed by atoms with van der Waals surface area (Å²) in [6.45, 7) is -1.73. The molecule has 0 saturated heterocycles. The smallest absolute Gasteiger partial charge is 0.387 e. The average Bonchev–Trinajstić information content (AvgIpc) is 2.98. The summed E-state index contributed by atoms with van der Waals surface area (Å²) in [6.07, 6.45) is 1.18. The summed E-state index contributed by atoms with van der Waals surface area (Å²) in [7, 11) is 1.94. The highest BCUT2D eigenvalue weighted by Gasteiger charge is 2.37. The van der Waals surface area contributed by atoms with E-state index in [1.807, 2.05) is 19.2 Å². The Hall–Kier alpha value is -1.16. The van der Waals surface area contributed by atoms with Gasteiger partial charge in [-0.1, -0.05) is 12.1 Å². The van der Waals surface area contributed by atoms with E-state index in [1.165, 1.54) is 12.0 Å². The van der Waals surface area contributed by atoms with Gasteiger partial charge in [-0.15, -0.1) is 0 Å². The van der Waals surface area contributed by atoms with E-state index in [4.69, 9.17) is 0 Å². The lowest BCUT2D eigenvalue weighted by Crippen LogP contribution is -2.10. The lowest BCUT2D eigenvalue weighted by molar-refractivity contribution is -0.0498. The first-order valence-corrected chi connectivity index (χ1v) is 5.40. The van der Waals surface area contributed by atoms with Crippen molar-refractivity contribution >= 4 is 0 Å². The largest absolute Gasteiger partial charge is 0.435 e. The second-order valence-corrected chi connectivity index (χ2v) is 4.11. The number of rotatable bonds is 5. The van der Waals surface area contributed by atoms with Crippen molar-refractivity contribution in [3.8, 4) is 5.75 Å². The van der Waals surface area contributed by atoms with Crippen LogP contribution in [-0.2, 0) is 0 Å². The SMILES string of the molecule is CNC[C@H]1C[C@@H]1c1ccc(OC(F)F)cc1. The van der Waals surface area contributed by atoms with Crippen molar-refractivity contribution < 1.29 is 13.5 Å². The Balaban J connectivity index is 1.93. The number of hydrogen-bond donors (Lipinski definition) is 1. The summed E-state index contributed by atoms with van der Waals surface area (Å²) in [6, 6.07) is 6.96. The van der Waals surface area contributed by atoms with Gasteiger partial charge in [-0.2, -0.15) is 8.78 Å². The Morgan fingerprint density at radius 1 is 1.38 bits per heavy atom. The van der Waals surface area contributed by atoms with Crippen molar-refractivity contribution in [2.24, 2.45) is 5.92 Å². The van der Waals surface area contributed by atoms with Crippen LogP contribution < -0.4 is 10.1 Å². The fourth-order valence-corrected chi connectivity index (χ4v) is 2.04. The van der Waals surface area contributed by atoms with Crippen LogP contribution in [0.25, 0.3) is 0 Å². The number of halogens is 2. The third-order valence-corrected chi connectivity index (χ3v) is 2.92. The van der Waals surface area contributed by atoms with Gasteiger partial charge < -0.3 is 10.1 Å². The van der Waals surface area contributed by atoms with Gasteiger partial charge in [0.15, 0.2) is 0 Å². The van der Waals surface area contributed by atoms with Gasteiger partial charge >= 0.3 is 6.61 Å². The standard InChI is InChI=1S/C12H15F2NO/c1-15-7-9-6-11(9)8-2-4-10(5-3-8)16-12(13)14/h2-5,9,11-12,15H,6-7H2,1H3/t9-,11-/m1/s1. The van der Waals surface area contributed by atoms with E-state index in [2.05, 4.69) is 10.1 Å². The van der Waals surface area contributed by atoms with Gasteiger partial charge in [-0.3, -0.25) is 0 Å². The van der Waals surface area contributed by atoms with Crippen molar-refractivity contribution in [2.75, 3.05) is 13.6 Å². The first-order valence-electron chi connectivity index (χ1n) is 5.40. The van der Waals surface area contributed by atoms with Crippen molar-refractivity contribution in [3.63, 3.8) is 0 Å².